The summed E-state index contributed by atoms with van der Waals surface area (Å²) in [5.74, 6) is 0.522. The van der Waals surface area contributed by atoms with Crippen LogP contribution in [0, 0.1) is 10.1 Å². The first-order chi connectivity index (χ1) is 15.6. The Balaban J connectivity index is 1.48. The number of rotatable bonds is 7. The number of amides is 1. The van der Waals surface area contributed by atoms with E-state index < -0.39 is 4.92 Å². The average molecular weight is 431 g/mol. The number of nitro groups is 1. The van der Waals surface area contributed by atoms with Gasteiger partial charge in [-0.15, -0.1) is 0 Å². The number of nitrogens with one attached hydrogen (secondary N) is 2. The minimum atomic E-state index is -0.488. The van der Waals surface area contributed by atoms with E-state index in [4.69, 9.17) is 0 Å². The fraction of sp³-hybridized carbons (Fsp3) is 0.250. The van der Waals surface area contributed by atoms with Gasteiger partial charge in [-0.3, -0.25) is 14.9 Å². The molecule has 1 aromatic heterocycles. The van der Waals surface area contributed by atoms with E-state index in [0.717, 1.165) is 43.0 Å². The minimum Gasteiger partial charge on any atom is -0.356 e. The molecule has 164 valence electrons. The number of hydrogen-bond acceptors (Lipinski definition) is 6. The quantitative estimate of drug-likeness (QED) is 0.417. The lowest BCUT2D eigenvalue weighted by atomic mass is 10.1. The van der Waals surface area contributed by atoms with Crippen LogP contribution in [-0.4, -0.2) is 28.9 Å². The van der Waals surface area contributed by atoms with E-state index >= 15 is 0 Å². The number of benzene rings is 2. The van der Waals surface area contributed by atoms with Crippen LogP contribution < -0.4 is 15.5 Å². The van der Waals surface area contributed by atoms with Crippen LogP contribution in [0.2, 0.25) is 0 Å². The van der Waals surface area contributed by atoms with Crippen molar-refractivity contribution in [3.8, 4) is 0 Å². The molecule has 0 unspecified atom stereocenters. The SMILES string of the molecule is O=C(NCc1cccnc1N1CCCCC1)c1ccc(Nc2ccccc2)c([N+](=O)[O-])c1. The molecule has 2 heterocycles. The van der Waals surface area contributed by atoms with Crippen molar-refractivity contribution in [2.45, 2.75) is 25.8 Å². The summed E-state index contributed by atoms with van der Waals surface area (Å²) in [6.45, 7) is 2.22. The smallest absolute Gasteiger partial charge is 0.293 e. The van der Waals surface area contributed by atoms with Gasteiger partial charge in [-0.1, -0.05) is 24.3 Å². The second-order valence-corrected chi connectivity index (χ2v) is 7.70. The van der Waals surface area contributed by atoms with Crippen LogP contribution in [0.1, 0.15) is 35.2 Å². The molecule has 0 bridgehead atoms. The third kappa shape index (κ3) is 5.03. The molecule has 0 aliphatic carbocycles. The Morgan fingerprint density at radius 2 is 1.81 bits per heavy atom. The molecule has 32 heavy (non-hydrogen) atoms. The summed E-state index contributed by atoms with van der Waals surface area (Å²) in [5, 5.41) is 17.5. The van der Waals surface area contributed by atoms with E-state index in [1.54, 1.807) is 18.3 Å². The highest BCUT2D eigenvalue weighted by Gasteiger charge is 2.19. The summed E-state index contributed by atoms with van der Waals surface area (Å²) in [6.07, 6.45) is 5.26. The van der Waals surface area contributed by atoms with Crippen molar-refractivity contribution in [2.24, 2.45) is 0 Å². The fourth-order valence-corrected chi connectivity index (χ4v) is 3.84. The molecule has 1 aliphatic rings. The zero-order chi connectivity index (χ0) is 22.3. The van der Waals surface area contributed by atoms with Crippen molar-refractivity contribution >= 4 is 28.8 Å². The van der Waals surface area contributed by atoms with Gasteiger partial charge in [0.2, 0.25) is 0 Å². The average Bonchev–Trinajstić information content (AvgIpc) is 2.84. The van der Waals surface area contributed by atoms with Gasteiger partial charge in [0, 0.05) is 48.7 Å². The number of pyridine rings is 1. The second kappa shape index (κ2) is 9.91. The fourth-order valence-electron chi connectivity index (χ4n) is 3.84. The number of aromatic nitrogens is 1. The van der Waals surface area contributed by atoms with Gasteiger partial charge in [0.1, 0.15) is 11.5 Å². The molecule has 2 N–H and O–H groups in total. The topological polar surface area (TPSA) is 100 Å². The molecule has 4 rings (SSSR count). The first-order valence-electron chi connectivity index (χ1n) is 10.7. The summed E-state index contributed by atoms with van der Waals surface area (Å²) < 4.78 is 0. The third-order valence-corrected chi connectivity index (χ3v) is 5.47. The number of carbonyl (C=O) groups excluding carboxylic acids is 1. The van der Waals surface area contributed by atoms with Crippen LogP contribution in [0.15, 0.2) is 66.9 Å². The van der Waals surface area contributed by atoms with Crippen molar-refractivity contribution in [2.75, 3.05) is 23.3 Å². The summed E-state index contributed by atoms with van der Waals surface area (Å²) in [4.78, 5) is 30.6. The van der Waals surface area contributed by atoms with Gasteiger partial charge in [-0.2, -0.15) is 0 Å². The largest absolute Gasteiger partial charge is 0.356 e. The van der Waals surface area contributed by atoms with Crippen molar-refractivity contribution in [1.29, 1.82) is 0 Å². The Hall–Kier alpha value is -3.94. The van der Waals surface area contributed by atoms with E-state index in [-0.39, 0.29) is 17.2 Å². The zero-order valence-corrected chi connectivity index (χ0v) is 17.7. The summed E-state index contributed by atoms with van der Waals surface area (Å²) in [7, 11) is 0. The maximum absolute atomic E-state index is 12.8. The number of carbonyl (C=O) groups is 1. The lowest BCUT2D eigenvalue weighted by Crippen LogP contribution is -2.32. The van der Waals surface area contributed by atoms with E-state index in [1.807, 2.05) is 42.5 Å². The first-order valence-corrected chi connectivity index (χ1v) is 10.7. The van der Waals surface area contributed by atoms with Crippen molar-refractivity contribution in [1.82, 2.24) is 10.3 Å². The van der Waals surface area contributed by atoms with Crippen LogP contribution in [0.5, 0.6) is 0 Å². The highest BCUT2D eigenvalue weighted by Crippen LogP contribution is 2.29. The lowest BCUT2D eigenvalue weighted by Gasteiger charge is -2.29. The monoisotopic (exact) mass is 431 g/mol. The van der Waals surface area contributed by atoms with Gasteiger partial charge < -0.3 is 15.5 Å². The number of para-hydroxylation sites is 1. The van der Waals surface area contributed by atoms with Crippen LogP contribution in [0.25, 0.3) is 0 Å². The van der Waals surface area contributed by atoms with Crippen molar-refractivity contribution in [3.63, 3.8) is 0 Å². The standard InChI is InChI=1S/C24H25N5O3/c30-24(26-17-19-8-7-13-25-23(19)28-14-5-2-6-15-28)18-11-12-21(22(16-18)29(31)32)27-20-9-3-1-4-10-20/h1,3-4,7-13,16,27H,2,5-6,14-15,17H2,(H,26,30). The van der Waals surface area contributed by atoms with Crippen molar-refractivity contribution < 1.29 is 9.72 Å². The molecule has 1 amide bonds. The number of anilines is 3. The molecule has 1 fully saturated rings. The van der Waals surface area contributed by atoms with Gasteiger partial charge in [0.05, 0.1) is 4.92 Å². The number of nitrogens with zero attached hydrogens (tertiary/aromatic N) is 3. The van der Waals surface area contributed by atoms with Crippen LogP contribution in [0.3, 0.4) is 0 Å². The highest BCUT2D eigenvalue weighted by molar-refractivity contribution is 5.96. The van der Waals surface area contributed by atoms with Gasteiger partial charge in [0.15, 0.2) is 0 Å². The van der Waals surface area contributed by atoms with Crippen LogP contribution in [0.4, 0.5) is 22.9 Å². The van der Waals surface area contributed by atoms with Gasteiger partial charge >= 0.3 is 0 Å². The Labute approximate surface area is 186 Å². The van der Waals surface area contributed by atoms with E-state index in [1.165, 1.54) is 12.5 Å². The molecule has 3 aromatic rings. The molecule has 0 spiro atoms. The molecule has 8 heteroatoms. The molecule has 1 saturated heterocycles. The minimum absolute atomic E-state index is 0.156. The molecule has 8 nitrogen and oxygen atoms in total. The summed E-state index contributed by atoms with van der Waals surface area (Å²) in [5.41, 5.74) is 2.07. The molecule has 0 saturated carbocycles. The molecule has 2 aromatic carbocycles. The summed E-state index contributed by atoms with van der Waals surface area (Å²) >= 11 is 0. The predicted molar refractivity (Wildman–Crippen MR) is 124 cm³/mol. The summed E-state index contributed by atoms with van der Waals surface area (Å²) in [6, 6.07) is 17.4. The normalized spacial score (nSPS) is 13.4. The molecule has 0 radical (unpaired) electrons. The molecular formula is C24H25N5O3. The zero-order valence-electron chi connectivity index (χ0n) is 17.7. The van der Waals surface area contributed by atoms with Gasteiger partial charge in [0.25, 0.3) is 11.6 Å². The molecule has 0 atom stereocenters. The highest BCUT2D eigenvalue weighted by atomic mass is 16.6. The lowest BCUT2D eigenvalue weighted by molar-refractivity contribution is -0.383. The van der Waals surface area contributed by atoms with Crippen LogP contribution in [-0.2, 0) is 6.54 Å². The number of hydrogen-bond donors (Lipinski definition) is 2. The first kappa shape index (κ1) is 21.3. The van der Waals surface area contributed by atoms with Crippen molar-refractivity contribution in [3.05, 3.63) is 88.1 Å². The third-order valence-electron chi connectivity index (χ3n) is 5.47. The maximum atomic E-state index is 12.8. The molecular weight excluding hydrogens is 406 g/mol. The van der Waals surface area contributed by atoms with E-state index in [9.17, 15) is 14.9 Å². The van der Waals surface area contributed by atoms with Gasteiger partial charge in [-0.05, 0) is 49.6 Å². The van der Waals surface area contributed by atoms with E-state index in [0.29, 0.717) is 12.2 Å². The Bertz CT molecular complexity index is 1100. The number of piperidine rings is 1. The number of nitro benzene ring substituents is 1. The van der Waals surface area contributed by atoms with Gasteiger partial charge in [-0.25, -0.2) is 4.98 Å². The second-order valence-electron chi connectivity index (χ2n) is 7.70. The Morgan fingerprint density at radius 1 is 1.03 bits per heavy atom. The van der Waals surface area contributed by atoms with E-state index in [2.05, 4.69) is 20.5 Å². The molecule has 1 aliphatic heterocycles. The Kier molecular flexibility index (Phi) is 6.60. The maximum Gasteiger partial charge on any atom is 0.293 e. The van der Waals surface area contributed by atoms with Crippen LogP contribution >= 0.6 is 0 Å². The Morgan fingerprint density at radius 3 is 2.56 bits per heavy atom. The predicted octanol–water partition coefficient (Wildman–Crippen LogP) is 4.65.